The van der Waals surface area contributed by atoms with Crippen LogP contribution < -0.4 is 16.4 Å². The molecule has 1 spiro atoms. The lowest BCUT2D eigenvalue weighted by Crippen LogP contribution is -2.55. The Kier molecular flexibility index (Phi) is 7.75. The molecule has 1 aliphatic carbocycles. The van der Waals surface area contributed by atoms with Crippen molar-refractivity contribution >= 4 is 17.7 Å². The van der Waals surface area contributed by atoms with Crippen molar-refractivity contribution in [3.8, 4) is 0 Å². The van der Waals surface area contributed by atoms with Gasteiger partial charge in [-0.25, -0.2) is 4.79 Å². The molecule has 2 aliphatic heterocycles. The Morgan fingerprint density at radius 2 is 2.00 bits per heavy atom. The van der Waals surface area contributed by atoms with Gasteiger partial charge in [-0.05, 0) is 71.1 Å². The average molecular weight is 502 g/mol. The number of hydrogen-bond donors (Lipinski definition) is 4. The summed E-state index contributed by atoms with van der Waals surface area (Å²) in [6.45, 7) is 8.76. The van der Waals surface area contributed by atoms with Crippen LogP contribution in [0.15, 0.2) is 35.9 Å². The lowest BCUT2D eigenvalue weighted by molar-refractivity contribution is -0.117. The molecule has 9 heteroatoms. The summed E-state index contributed by atoms with van der Waals surface area (Å²) in [6, 6.07) is 6.79. The number of benzene rings is 1. The van der Waals surface area contributed by atoms with E-state index in [4.69, 9.17) is 19.9 Å². The molecular formula is C27H39N3O6. The Balaban J connectivity index is 1.26. The van der Waals surface area contributed by atoms with E-state index in [0.29, 0.717) is 31.7 Å². The summed E-state index contributed by atoms with van der Waals surface area (Å²) < 4.78 is 17.6. The highest BCUT2D eigenvalue weighted by molar-refractivity contribution is 5.94. The second-order valence-corrected chi connectivity index (χ2v) is 10.8. The van der Waals surface area contributed by atoms with Crippen LogP contribution in [0.4, 0.5) is 10.5 Å². The quantitative estimate of drug-likeness (QED) is 0.301. The number of rotatable bonds is 9. The number of ether oxygens (including phenoxy) is 3. The third-order valence-electron chi connectivity index (χ3n) is 7.57. The topological polar surface area (TPSA) is 139 Å². The molecule has 7 atom stereocenters. The molecular weight excluding hydrogens is 462 g/mol. The van der Waals surface area contributed by atoms with Crippen molar-refractivity contribution in [3.63, 3.8) is 0 Å². The minimum atomic E-state index is -0.854. The highest BCUT2D eigenvalue weighted by Crippen LogP contribution is 2.59. The number of alkyl carbamates (subject to hydrolysis) is 1. The largest absolute Gasteiger partial charge is 0.443 e. The normalized spacial score (nSPS) is 33.4. The first-order valence-corrected chi connectivity index (χ1v) is 12.8. The van der Waals surface area contributed by atoms with E-state index in [9.17, 15) is 14.7 Å². The summed E-state index contributed by atoms with van der Waals surface area (Å²) in [5.41, 5.74) is 7.60. The molecule has 36 heavy (non-hydrogen) atoms. The van der Waals surface area contributed by atoms with Crippen LogP contribution >= 0.6 is 0 Å². The summed E-state index contributed by atoms with van der Waals surface area (Å²) in [5.74, 6) is -0.488. The molecule has 2 heterocycles. The van der Waals surface area contributed by atoms with E-state index >= 15 is 0 Å². The fourth-order valence-corrected chi connectivity index (χ4v) is 5.32. The summed E-state index contributed by atoms with van der Waals surface area (Å²) in [4.78, 5) is 24.2. The fourth-order valence-electron chi connectivity index (χ4n) is 5.32. The zero-order valence-corrected chi connectivity index (χ0v) is 21.6. The highest BCUT2D eigenvalue weighted by Gasteiger charge is 2.71. The fraction of sp³-hybridized carbons (Fsp3) is 0.630. The molecule has 1 aromatic carbocycles. The van der Waals surface area contributed by atoms with E-state index in [0.717, 1.165) is 18.4 Å². The maximum absolute atomic E-state index is 12.5. The molecule has 1 saturated carbocycles. The lowest BCUT2D eigenvalue weighted by atomic mass is 9.68. The van der Waals surface area contributed by atoms with Gasteiger partial charge in [-0.2, -0.15) is 0 Å². The van der Waals surface area contributed by atoms with Gasteiger partial charge in [0.15, 0.2) is 0 Å². The average Bonchev–Trinajstić information content (AvgIpc) is 3.73. The number of nitrogens with two attached hydrogens (primary N) is 1. The zero-order valence-electron chi connectivity index (χ0n) is 21.6. The van der Waals surface area contributed by atoms with Gasteiger partial charge in [0.25, 0.3) is 0 Å². The number of aliphatic hydroxyl groups excluding tert-OH is 1. The Bertz CT molecular complexity index is 986. The first-order valence-electron chi connectivity index (χ1n) is 12.8. The smallest absolute Gasteiger partial charge is 0.407 e. The van der Waals surface area contributed by atoms with Crippen molar-refractivity contribution in [3.05, 3.63) is 41.5 Å². The van der Waals surface area contributed by atoms with Crippen molar-refractivity contribution in [2.45, 2.75) is 88.9 Å². The van der Waals surface area contributed by atoms with Crippen LogP contribution in [0.2, 0.25) is 0 Å². The molecule has 1 aromatic rings. The molecule has 0 bridgehead atoms. The van der Waals surface area contributed by atoms with E-state index in [2.05, 4.69) is 30.6 Å². The van der Waals surface area contributed by atoms with Gasteiger partial charge in [-0.3, -0.25) is 4.79 Å². The standard InChI is InChI=1S/C27H39N3O6/c1-16(2)5-10-21-26(4,36-21)23-22(31)20(11-13-27(23)15-34-27)35-25(33)29-14-12-18-6-8-19(9-7-18)30-24(32)17(3)28/h5-9,17,20-23,31H,10-15,28H2,1-4H3,(H,29,33)(H,30,32)/t17-,20+,21+,22+,23+,26?,27-/m0/s1. The minimum absolute atomic E-state index is 0.0270. The maximum atomic E-state index is 12.5. The van der Waals surface area contributed by atoms with Crippen molar-refractivity contribution in [1.82, 2.24) is 5.32 Å². The van der Waals surface area contributed by atoms with Crippen LogP contribution in [0.5, 0.6) is 0 Å². The van der Waals surface area contributed by atoms with Crippen LogP contribution in [-0.2, 0) is 25.4 Å². The molecule has 9 nitrogen and oxygen atoms in total. The SMILES string of the molecule is CC(C)=CC[C@H]1OC1(C)[C@H]1[C@H](O)[C@H](OC(=O)NCCc2ccc(NC(=O)[C@H](C)N)cc2)CC[C@]12CO2. The van der Waals surface area contributed by atoms with Gasteiger partial charge in [0.2, 0.25) is 5.91 Å². The second kappa shape index (κ2) is 10.5. The second-order valence-electron chi connectivity index (χ2n) is 10.8. The predicted molar refractivity (Wildman–Crippen MR) is 135 cm³/mol. The first kappa shape index (κ1) is 26.6. The van der Waals surface area contributed by atoms with E-state index in [-0.39, 0.29) is 23.5 Å². The van der Waals surface area contributed by atoms with Gasteiger partial charge in [-0.15, -0.1) is 0 Å². The Morgan fingerprint density at radius 1 is 1.31 bits per heavy atom. The number of aliphatic hydroxyl groups is 1. The van der Waals surface area contributed by atoms with Crippen molar-refractivity contribution in [2.75, 3.05) is 18.5 Å². The van der Waals surface area contributed by atoms with Gasteiger partial charge < -0.3 is 35.7 Å². The summed E-state index contributed by atoms with van der Waals surface area (Å²) in [7, 11) is 0. The number of carbonyl (C=O) groups is 2. The summed E-state index contributed by atoms with van der Waals surface area (Å²) >= 11 is 0. The molecule has 1 unspecified atom stereocenters. The Labute approximate surface area is 212 Å². The highest BCUT2D eigenvalue weighted by atomic mass is 16.6. The van der Waals surface area contributed by atoms with E-state index in [1.807, 2.05) is 19.1 Å². The van der Waals surface area contributed by atoms with Crippen LogP contribution in [0.1, 0.15) is 52.5 Å². The van der Waals surface area contributed by atoms with Crippen molar-refractivity contribution < 1.29 is 28.9 Å². The van der Waals surface area contributed by atoms with Gasteiger partial charge in [-0.1, -0.05) is 23.8 Å². The molecule has 0 aromatic heterocycles. The van der Waals surface area contributed by atoms with Crippen LogP contribution in [0.3, 0.4) is 0 Å². The monoisotopic (exact) mass is 501 g/mol. The third-order valence-corrected chi connectivity index (χ3v) is 7.57. The summed E-state index contributed by atoms with van der Waals surface area (Å²) in [5, 5.41) is 16.7. The first-order chi connectivity index (χ1) is 17.0. The predicted octanol–water partition coefficient (Wildman–Crippen LogP) is 2.66. The van der Waals surface area contributed by atoms with Crippen molar-refractivity contribution in [1.29, 1.82) is 0 Å². The number of hydrogen-bond acceptors (Lipinski definition) is 7. The zero-order chi connectivity index (χ0) is 26.1. The van der Waals surface area contributed by atoms with Gasteiger partial charge >= 0.3 is 6.09 Å². The molecule has 0 radical (unpaired) electrons. The third kappa shape index (κ3) is 5.91. The Morgan fingerprint density at radius 3 is 2.61 bits per heavy atom. The molecule has 5 N–H and O–H groups in total. The maximum Gasteiger partial charge on any atom is 0.407 e. The van der Waals surface area contributed by atoms with Gasteiger partial charge in [0.1, 0.15) is 17.3 Å². The lowest BCUT2D eigenvalue weighted by Gasteiger charge is -2.40. The van der Waals surface area contributed by atoms with Crippen molar-refractivity contribution in [2.24, 2.45) is 11.7 Å². The molecule has 3 aliphatic rings. The van der Waals surface area contributed by atoms with Gasteiger partial charge in [0.05, 0.1) is 30.8 Å². The van der Waals surface area contributed by atoms with Gasteiger partial charge in [0, 0.05) is 12.2 Å². The van der Waals surface area contributed by atoms with Crippen LogP contribution in [0.25, 0.3) is 0 Å². The number of epoxide rings is 2. The number of allylic oxidation sites excluding steroid dienone is 1. The molecule has 198 valence electrons. The molecule has 2 amide bonds. The van der Waals surface area contributed by atoms with E-state index < -0.39 is 29.9 Å². The number of nitrogens with one attached hydrogen (secondary N) is 2. The number of amides is 2. The molecule has 4 rings (SSSR count). The van der Waals surface area contributed by atoms with Crippen LogP contribution in [-0.4, -0.2) is 65.8 Å². The van der Waals surface area contributed by atoms with E-state index in [1.54, 1.807) is 19.1 Å². The minimum Gasteiger partial charge on any atom is -0.443 e. The number of anilines is 1. The number of carbonyl (C=O) groups excluding carboxylic acids is 2. The Hall–Kier alpha value is -2.46. The summed E-state index contributed by atoms with van der Waals surface area (Å²) in [6.07, 6.45) is 2.84. The van der Waals surface area contributed by atoms with E-state index in [1.165, 1.54) is 5.57 Å². The van der Waals surface area contributed by atoms with Crippen LogP contribution in [0, 0.1) is 5.92 Å². The molecule has 2 saturated heterocycles. The molecule has 3 fully saturated rings.